The number of hydrogen-bond donors (Lipinski definition) is 1. The maximum Gasteiger partial charge on any atom is 0.243 e. The lowest BCUT2D eigenvalue weighted by Crippen LogP contribution is -2.18. The molecule has 1 aromatic heterocycles. The van der Waals surface area contributed by atoms with E-state index in [0.717, 1.165) is 35.3 Å². The van der Waals surface area contributed by atoms with Gasteiger partial charge < -0.3 is 0 Å². The lowest BCUT2D eigenvalue weighted by Gasteiger charge is -2.00. The molecule has 1 aliphatic rings. The van der Waals surface area contributed by atoms with Crippen molar-refractivity contribution in [2.24, 2.45) is 11.0 Å². The van der Waals surface area contributed by atoms with E-state index in [1.165, 1.54) is 0 Å². The molecule has 26 heavy (non-hydrogen) atoms. The zero-order chi connectivity index (χ0) is 17.9. The monoisotopic (exact) mass is 364 g/mol. The summed E-state index contributed by atoms with van der Waals surface area (Å²) in [5.41, 5.74) is 6.07. The molecule has 2 aromatic carbocycles. The van der Waals surface area contributed by atoms with Crippen LogP contribution in [0.1, 0.15) is 18.4 Å². The molecule has 6 heteroatoms. The van der Waals surface area contributed by atoms with Crippen molar-refractivity contribution >= 4 is 23.7 Å². The lowest BCUT2D eigenvalue weighted by molar-refractivity contribution is -0.122. The number of nitrogens with one attached hydrogen (secondary N) is 1. The van der Waals surface area contributed by atoms with Crippen molar-refractivity contribution in [1.29, 1.82) is 0 Å². The topological polar surface area (TPSA) is 59.3 Å². The fourth-order valence-corrected chi connectivity index (χ4v) is 2.76. The van der Waals surface area contributed by atoms with Gasteiger partial charge in [-0.1, -0.05) is 41.9 Å². The normalized spacial score (nSPS) is 13.9. The average molecular weight is 365 g/mol. The first-order valence-corrected chi connectivity index (χ1v) is 8.82. The first kappa shape index (κ1) is 16.5. The number of aromatic nitrogens is 2. The Morgan fingerprint density at radius 2 is 1.88 bits per heavy atom. The van der Waals surface area contributed by atoms with Gasteiger partial charge in [0.1, 0.15) is 5.69 Å². The maximum absolute atomic E-state index is 11.8. The maximum atomic E-state index is 11.8. The molecule has 0 aliphatic heterocycles. The molecule has 0 radical (unpaired) electrons. The Kier molecular flexibility index (Phi) is 4.54. The van der Waals surface area contributed by atoms with E-state index in [4.69, 9.17) is 16.7 Å². The molecule has 3 aromatic rings. The number of hydrogen-bond acceptors (Lipinski definition) is 3. The number of rotatable bonds is 5. The molecule has 0 unspecified atom stereocenters. The number of amides is 1. The Balaban J connectivity index is 1.67. The zero-order valence-electron chi connectivity index (χ0n) is 14.0. The quantitative estimate of drug-likeness (QED) is 0.548. The molecular formula is C20H17ClN4O. The molecule has 130 valence electrons. The number of carbonyl (C=O) groups is 1. The van der Waals surface area contributed by atoms with Crippen molar-refractivity contribution < 1.29 is 4.79 Å². The molecule has 1 saturated carbocycles. The first-order chi connectivity index (χ1) is 12.7. The van der Waals surface area contributed by atoms with Crippen LogP contribution in [-0.4, -0.2) is 21.9 Å². The van der Waals surface area contributed by atoms with E-state index in [0.29, 0.717) is 5.02 Å². The number of benzene rings is 2. The molecule has 4 rings (SSSR count). The third-order valence-corrected chi connectivity index (χ3v) is 4.46. The van der Waals surface area contributed by atoms with Gasteiger partial charge in [-0.05, 0) is 37.1 Å². The minimum atomic E-state index is -0.0234. The van der Waals surface area contributed by atoms with Gasteiger partial charge in [0.05, 0.1) is 11.9 Å². The van der Waals surface area contributed by atoms with Crippen molar-refractivity contribution in [3.63, 3.8) is 0 Å². The van der Waals surface area contributed by atoms with E-state index in [1.807, 2.05) is 60.8 Å². The molecule has 0 bridgehead atoms. The standard InChI is InChI=1S/C20H17ClN4O/c21-17-10-8-14(9-11-17)19-16(12-22-23-20(26)15-6-7-15)13-25(24-19)18-4-2-1-3-5-18/h1-5,8-13,15H,6-7H2,(H,23,26)/b22-12-. The van der Waals surface area contributed by atoms with Crippen molar-refractivity contribution in [3.8, 4) is 16.9 Å². The van der Waals surface area contributed by atoms with Gasteiger partial charge in [0, 0.05) is 28.3 Å². The smallest absolute Gasteiger partial charge is 0.243 e. The third kappa shape index (κ3) is 3.68. The van der Waals surface area contributed by atoms with Gasteiger partial charge in [-0.3, -0.25) is 4.79 Å². The van der Waals surface area contributed by atoms with Gasteiger partial charge in [0.2, 0.25) is 5.91 Å². The van der Waals surface area contributed by atoms with Crippen LogP contribution in [0.15, 0.2) is 65.9 Å². The Morgan fingerprint density at radius 3 is 2.58 bits per heavy atom. The summed E-state index contributed by atoms with van der Waals surface area (Å²) in [6, 6.07) is 17.3. The van der Waals surface area contributed by atoms with Crippen LogP contribution >= 0.6 is 11.6 Å². The van der Waals surface area contributed by atoms with Crippen molar-refractivity contribution in [2.45, 2.75) is 12.8 Å². The summed E-state index contributed by atoms with van der Waals surface area (Å²) >= 11 is 5.99. The Bertz CT molecular complexity index is 944. The van der Waals surface area contributed by atoms with Crippen LogP contribution in [0.25, 0.3) is 16.9 Å². The first-order valence-electron chi connectivity index (χ1n) is 8.44. The summed E-state index contributed by atoms with van der Waals surface area (Å²) in [6.07, 6.45) is 5.43. The predicted octanol–water partition coefficient (Wildman–Crippen LogP) is 4.05. The molecule has 1 N–H and O–H groups in total. The highest BCUT2D eigenvalue weighted by molar-refractivity contribution is 6.30. The average Bonchev–Trinajstić information content (AvgIpc) is 3.44. The van der Waals surface area contributed by atoms with Crippen LogP contribution in [0.3, 0.4) is 0 Å². The van der Waals surface area contributed by atoms with Crippen LogP contribution < -0.4 is 5.43 Å². The van der Waals surface area contributed by atoms with E-state index in [2.05, 4.69) is 10.5 Å². The summed E-state index contributed by atoms with van der Waals surface area (Å²) in [5.74, 6) is 0.0969. The lowest BCUT2D eigenvalue weighted by atomic mass is 10.1. The van der Waals surface area contributed by atoms with Crippen LogP contribution in [0, 0.1) is 5.92 Å². The SMILES string of the molecule is O=C(N/N=C\c1cn(-c2ccccc2)nc1-c1ccc(Cl)cc1)C1CC1. The number of halogens is 1. The summed E-state index contributed by atoms with van der Waals surface area (Å²) < 4.78 is 1.80. The van der Waals surface area contributed by atoms with E-state index < -0.39 is 0 Å². The highest BCUT2D eigenvalue weighted by atomic mass is 35.5. The zero-order valence-corrected chi connectivity index (χ0v) is 14.7. The molecule has 1 fully saturated rings. The fourth-order valence-electron chi connectivity index (χ4n) is 2.63. The van der Waals surface area contributed by atoms with Crippen LogP contribution in [0.2, 0.25) is 5.02 Å². The minimum absolute atomic E-state index is 0.0234. The number of carbonyl (C=O) groups excluding carboxylic acids is 1. The predicted molar refractivity (Wildman–Crippen MR) is 102 cm³/mol. The summed E-state index contributed by atoms with van der Waals surface area (Å²) in [6.45, 7) is 0. The van der Waals surface area contributed by atoms with Gasteiger partial charge in [-0.2, -0.15) is 10.2 Å². The van der Waals surface area contributed by atoms with Crippen molar-refractivity contribution in [1.82, 2.24) is 15.2 Å². The Hall–Kier alpha value is -2.92. The molecular weight excluding hydrogens is 348 g/mol. The second kappa shape index (κ2) is 7.14. The Labute approximate surface area is 156 Å². The summed E-state index contributed by atoms with van der Waals surface area (Å²) in [7, 11) is 0. The molecule has 1 amide bonds. The second-order valence-electron chi connectivity index (χ2n) is 6.23. The van der Waals surface area contributed by atoms with E-state index in [9.17, 15) is 4.79 Å². The highest BCUT2D eigenvalue weighted by Gasteiger charge is 2.29. The number of hydrazone groups is 1. The van der Waals surface area contributed by atoms with Crippen LogP contribution in [0.5, 0.6) is 0 Å². The van der Waals surface area contributed by atoms with Crippen LogP contribution in [0.4, 0.5) is 0 Å². The highest BCUT2D eigenvalue weighted by Crippen LogP contribution is 2.28. The fraction of sp³-hybridized carbons (Fsp3) is 0.150. The van der Waals surface area contributed by atoms with E-state index in [1.54, 1.807) is 10.9 Å². The van der Waals surface area contributed by atoms with Gasteiger partial charge in [0.15, 0.2) is 0 Å². The number of para-hydroxylation sites is 1. The summed E-state index contributed by atoms with van der Waals surface area (Å²) in [4.78, 5) is 11.8. The van der Waals surface area contributed by atoms with Gasteiger partial charge >= 0.3 is 0 Å². The van der Waals surface area contributed by atoms with Crippen molar-refractivity contribution in [2.75, 3.05) is 0 Å². The third-order valence-electron chi connectivity index (χ3n) is 4.21. The van der Waals surface area contributed by atoms with Gasteiger partial charge in [-0.15, -0.1) is 0 Å². The van der Waals surface area contributed by atoms with Crippen LogP contribution in [-0.2, 0) is 4.79 Å². The molecule has 1 heterocycles. The second-order valence-corrected chi connectivity index (χ2v) is 6.67. The summed E-state index contributed by atoms with van der Waals surface area (Å²) in [5, 5.41) is 9.47. The van der Waals surface area contributed by atoms with Gasteiger partial charge in [0.25, 0.3) is 0 Å². The van der Waals surface area contributed by atoms with E-state index >= 15 is 0 Å². The molecule has 0 atom stereocenters. The molecule has 5 nitrogen and oxygen atoms in total. The number of nitrogens with zero attached hydrogens (tertiary/aromatic N) is 3. The Morgan fingerprint density at radius 1 is 1.15 bits per heavy atom. The van der Waals surface area contributed by atoms with Crippen molar-refractivity contribution in [3.05, 3.63) is 71.4 Å². The molecule has 1 aliphatic carbocycles. The molecule has 0 spiro atoms. The van der Waals surface area contributed by atoms with E-state index in [-0.39, 0.29) is 11.8 Å². The minimum Gasteiger partial charge on any atom is -0.273 e. The largest absolute Gasteiger partial charge is 0.273 e. The van der Waals surface area contributed by atoms with Gasteiger partial charge in [-0.25, -0.2) is 10.1 Å². The molecule has 0 saturated heterocycles.